The lowest BCUT2D eigenvalue weighted by Crippen LogP contribution is -2.24. The van der Waals surface area contributed by atoms with Crippen LogP contribution >= 0.6 is 11.3 Å². The number of aromatic amines is 1. The van der Waals surface area contributed by atoms with Crippen molar-refractivity contribution in [3.05, 3.63) is 39.5 Å². The predicted octanol–water partition coefficient (Wildman–Crippen LogP) is 1.36. The maximum absolute atomic E-state index is 11.8. The van der Waals surface area contributed by atoms with Crippen LogP contribution in [0.15, 0.2) is 22.6 Å². The Morgan fingerprint density at radius 2 is 2.28 bits per heavy atom. The van der Waals surface area contributed by atoms with E-state index >= 15 is 0 Å². The molecule has 6 nitrogen and oxygen atoms in total. The van der Waals surface area contributed by atoms with Gasteiger partial charge in [-0.05, 0) is 12.8 Å². The van der Waals surface area contributed by atoms with Gasteiger partial charge in [0.1, 0.15) is 11.4 Å². The van der Waals surface area contributed by atoms with Crippen LogP contribution in [0.2, 0.25) is 0 Å². The van der Waals surface area contributed by atoms with E-state index in [9.17, 15) is 9.59 Å². The standard InChI is InChI=1S/C11H10N4O2S/c16-9-7(5-13-8(14-9)6-1-2-6)10(17)15-11-12-3-4-18-11/h3-6H,1-2H2,(H,12,15,17)(H,13,14,16). The van der Waals surface area contributed by atoms with Crippen molar-refractivity contribution >= 4 is 22.4 Å². The first-order valence-electron chi connectivity index (χ1n) is 5.54. The highest BCUT2D eigenvalue weighted by molar-refractivity contribution is 7.13. The van der Waals surface area contributed by atoms with E-state index in [0.29, 0.717) is 16.9 Å². The van der Waals surface area contributed by atoms with Crippen molar-refractivity contribution in [1.82, 2.24) is 15.0 Å². The Morgan fingerprint density at radius 1 is 1.44 bits per heavy atom. The second kappa shape index (κ2) is 4.34. The third-order valence-corrected chi connectivity index (χ3v) is 3.37. The van der Waals surface area contributed by atoms with Crippen LogP contribution in [-0.2, 0) is 0 Å². The molecule has 0 bridgehead atoms. The molecule has 1 aliphatic rings. The molecule has 2 aromatic rings. The minimum atomic E-state index is -0.485. The number of hydrogen-bond acceptors (Lipinski definition) is 5. The summed E-state index contributed by atoms with van der Waals surface area (Å²) >= 11 is 1.29. The van der Waals surface area contributed by atoms with Crippen LogP contribution in [0.1, 0.15) is 34.9 Å². The highest BCUT2D eigenvalue weighted by atomic mass is 32.1. The molecular formula is C11H10N4O2S. The van der Waals surface area contributed by atoms with Crippen molar-refractivity contribution in [2.45, 2.75) is 18.8 Å². The van der Waals surface area contributed by atoms with E-state index in [-0.39, 0.29) is 5.56 Å². The number of aromatic nitrogens is 3. The summed E-state index contributed by atoms with van der Waals surface area (Å²) < 4.78 is 0. The average Bonchev–Trinajstić information content (AvgIpc) is 3.08. The molecule has 2 heterocycles. The SMILES string of the molecule is O=C(Nc1nccs1)c1cnc(C2CC2)[nH]c1=O. The third-order valence-electron chi connectivity index (χ3n) is 2.68. The lowest BCUT2D eigenvalue weighted by molar-refractivity contribution is 0.102. The molecule has 92 valence electrons. The predicted molar refractivity (Wildman–Crippen MR) is 66.9 cm³/mol. The van der Waals surface area contributed by atoms with E-state index in [4.69, 9.17) is 0 Å². The van der Waals surface area contributed by atoms with Crippen molar-refractivity contribution in [3.8, 4) is 0 Å². The number of amides is 1. The number of hydrogen-bond donors (Lipinski definition) is 2. The normalized spacial score (nSPS) is 14.4. The van der Waals surface area contributed by atoms with Gasteiger partial charge in [0.05, 0.1) is 0 Å². The summed E-state index contributed by atoms with van der Waals surface area (Å²) in [6.45, 7) is 0. The molecule has 1 aliphatic carbocycles. The molecule has 0 aromatic carbocycles. The summed E-state index contributed by atoms with van der Waals surface area (Å²) in [5.74, 6) is 0.542. The largest absolute Gasteiger partial charge is 0.310 e. The number of nitrogens with zero attached hydrogens (tertiary/aromatic N) is 2. The molecule has 2 N–H and O–H groups in total. The van der Waals surface area contributed by atoms with Crippen LogP contribution in [0.3, 0.4) is 0 Å². The summed E-state index contributed by atoms with van der Waals surface area (Å²) in [6, 6.07) is 0. The Kier molecular flexibility index (Phi) is 2.67. The van der Waals surface area contributed by atoms with E-state index in [2.05, 4.69) is 20.3 Å². The van der Waals surface area contributed by atoms with E-state index < -0.39 is 11.5 Å². The van der Waals surface area contributed by atoms with Gasteiger partial charge < -0.3 is 4.98 Å². The Balaban J connectivity index is 1.83. The highest BCUT2D eigenvalue weighted by Crippen LogP contribution is 2.37. The first-order chi connectivity index (χ1) is 8.74. The fourth-order valence-electron chi connectivity index (χ4n) is 1.58. The number of anilines is 1. The zero-order valence-corrected chi connectivity index (χ0v) is 10.2. The van der Waals surface area contributed by atoms with Gasteiger partial charge in [-0.25, -0.2) is 9.97 Å². The number of H-pyrrole nitrogens is 1. The molecule has 0 atom stereocenters. The van der Waals surface area contributed by atoms with Crippen molar-refractivity contribution in [2.24, 2.45) is 0 Å². The minimum absolute atomic E-state index is 0.00889. The van der Waals surface area contributed by atoms with Gasteiger partial charge in [0.2, 0.25) is 0 Å². The van der Waals surface area contributed by atoms with Crippen molar-refractivity contribution in [3.63, 3.8) is 0 Å². The van der Waals surface area contributed by atoms with Gasteiger partial charge in [0.15, 0.2) is 5.13 Å². The molecule has 3 rings (SSSR count). The zero-order chi connectivity index (χ0) is 12.5. The molecule has 0 saturated heterocycles. The molecule has 0 unspecified atom stereocenters. The summed E-state index contributed by atoms with van der Waals surface area (Å²) in [7, 11) is 0. The molecule has 1 fully saturated rings. The van der Waals surface area contributed by atoms with Gasteiger partial charge in [-0.3, -0.25) is 14.9 Å². The van der Waals surface area contributed by atoms with Gasteiger partial charge in [-0.1, -0.05) is 0 Å². The summed E-state index contributed by atoms with van der Waals surface area (Å²) in [5, 5.41) is 4.76. The van der Waals surface area contributed by atoms with Crippen LogP contribution < -0.4 is 10.9 Å². The van der Waals surface area contributed by atoms with Gasteiger partial charge >= 0.3 is 0 Å². The molecular weight excluding hydrogens is 252 g/mol. The van der Waals surface area contributed by atoms with Crippen LogP contribution in [0.25, 0.3) is 0 Å². The molecule has 0 aliphatic heterocycles. The van der Waals surface area contributed by atoms with E-state index in [1.807, 2.05) is 0 Å². The number of rotatable bonds is 3. The Morgan fingerprint density at radius 3 is 2.89 bits per heavy atom. The first-order valence-corrected chi connectivity index (χ1v) is 6.42. The lowest BCUT2D eigenvalue weighted by Gasteiger charge is -2.02. The van der Waals surface area contributed by atoms with Crippen molar-refractivity contribution < 1.29 is 4.79 Å². The third kappa shape index (κ3) is 2.17. The van der Waals surface area contributed by atoms with Crippen molar-refractivity contribution in [2.75, 3.05) is 5.32 Å². The molecule has 0 spiro atoms. The zero-order valence-electron chi connectivity index (χ0n) is 9.34. The van der Waals surface area contributed by atoms with E-state index in [1.54, 1.807) is 11.6 Å². The van der Waals surface area contributed by atoms with Crippen molar-refractivity contribution in [1.29, 1.82) is 0 Å². The Labute approximate surface area is 106 Å². The second-order valence-electron chi connectivity index (χ2n) is 4.08. The quantitative estimate of drug-likeness (QED) is 0.874. The van der Waals surface area contributed by atoms with Gasteiger partial charge in [-0.15, -0.1) is 11.3 Å². The molecule has 0 radical (unpaired) electrons. The number of thiazole rings is 1. The second-order valence-corrected chi connectivity index (χ2v) is 4.97. The number of carbonyl (C=O) groups is 1. The topological polar surface area (TPSA) is 87.7 Å². The summed E-state index contributed by atoms with van der Waals surface area (Å²) in [4.78, 5) is 34.3. The van der Waals surface area contributed by atoms with Gasteiger partial charge in [-0.2, -0.15) is 0 Å². The van der Waals surface area contributed by atoms with E-state index in [0.717, 1.165) is 12.8 Å². The molecule has 7 heteroatoms. The molecule has 1 saturated carbocycles. The monoisotopic (exact) mass is 262 g/mol. The summed E-state index contributed by atoms with van der Waals surface area (Å²) in [5.41, 5.74) is -0.393. The first kappa shape index (κ1) is 11.1. The fourth-order valence-corrected chi connectivity index (χ4v) is 2.11. The van der Waals surface area contributed by atoms with Gasteiger partial charge in [0, 0.05) is 23.7 Å². The Bertz CT molecular complexity index is 631. The lowest BCUT2D eigenvalue weighted by atomic mass is 10.3. The number of carbonyl (C=O) groups excluding carboxylic acids is 1. The molecule has 18 heavy (non-hydrogen) atoms. The van der Waals surface area contributed by atoms with Crippen LogP contribution in [0, 0.1) is 0 Å². The molecule has 1 amide bonds. The Hall–Kier alpha value is -2.02. The van der Waals surface area contributed by atoms with Gasteiger partial charge in [0.25, 0.3) is 11.5 Å². The average molecular weight is 262 g/mol. The van der Waals surface area contributed by atoms with Crippen LogP contribution in [-0.4, -0.2) is 20.9 Å². The maximum Gasteiger partial charge on any atom is 0.264 e. The minimum Gasteiger partial charge on any atom is -0.310 e. The van der Waals surface area contributed by atoms with Crippen LogP contribution in [0.5, 0.6) is 0 Å². The molecule has 2 aromatic heterocycles. The van der Waals surface area contributed by atoms with Crippen LogP contribution in [0.4, 0.5) is 5.13 Å². The fraction of sp³-hybridized carbons (Fsp3) is 0.273. The van der Waals surface area contributed by atoms with E-state index in [1.165, 1.54) is 17.5 Å². The highest BCUT2D eigenvalue weighted by Gasteiger charge is 2.26. The smallest absolute Gasteiger partial charge is 0.264 e. The maximum atomic E-state index is 11.8. The summed E-state index contributed by atoms with van der Waals surface area (Å²) in [6.07, 6.45) is 5.01. The number of nitrogens with one attached hydrogen (secondary N) is 2.